The lowest BCUT2D eigenvalue weighted by Gasteiger charge is -2.29. The Morgan fingerprint density at radius 1 is 1.19 bits per heavy atom. The highest BCUT2D eigenvalue weighted by molar-refractivity contribution is 6.09. The van der Waals surface area contributed by atoms with Crippen molar-refractivity contribution in [1.82, 2.24) is 4.98 Å². The van der Waals surface area contributed by atoms with Crippen molar-refractivity contribution in [3.8, 4) is 0 Å². The summed E-state index contributed by atoms with van der Waals surface area (Å²) in [5.74, 6) is 0.869. The number of benzene rings is 1. The van der Waals surface area contributed by atoms with Crippen LogP contribution in [-0.4, -0.2) is 10.8 Å². The average molecular weight is 281 g/mol. The minimum absolute atomic E-state index is 0.153. The van der Waals surface area contributed by atoms with Gasteiger partial charge in [-0.05, 0) is 37.3 Å². The first-order chi connectivity index (χ1) is 10.1. The standard InChI is InChI=1S/C19H23NO/c1-14(2)13-19(10-3-4-11-19)18(21)16-9-5-7-15-8-6-12-20-17(15)16/h5-9,12,14H,3-4,10-11,13H2,1-2H3. The van der Waals surface area contributed by atoms with Gasteiger partial charge < -0.3 is 0 Å². The van der Waals surface area contributed by atoms with Gasteiger partial charge in [0.05, 0.1) is 5.52 Å². The highest BCUT2D eigenvalue weighted by Gasteiger charge is 2.42. The molecule has 0 radical (unpaired) electrons. The zero-order valence-electron chi connectivity index (χ0n) is 12.9. The molecule has 0 amide bonds. The Morgan fingerprint density at radius 3 is 2.62 bits per heavy atom. The lowest BCUT2D eigenvalue weighted by molar-refractivity contribution is 0.0761. The minimum atomic E-state index is -0.153. The molecule has 3 rings (SSSR count). The van der Waals surface area contributed by atoms with Crippen LogP contribution in [0.2, 0.25) is 0 Å². The van der Waals surface area contributed by atoms with Gasteiger partial charge in [-0.15, -0.1) is 0 Å². The number of hydrogen-bond acceptors (Lipinski definition) is 2. The van der Waals surface area contributed by atoms with Gasteiger partial charge in [-0.25, -0.2) is 0 Å². The maximum absolute atomic E-state index is 13.3. The molecule has 1 aliphatic carbocycles. The molecule has 0 N–H and O–H groups in total. The first-order valence-corrected chi connectivity index (χ1v) is 8.01. The predicted molar refractivity (Wildman–Crippen MR) is 86.4 cm³/mol. The number of rotatable bonds is 4. The van der Waals surface area contributed by atoms with Gasteiger partial charge in [0.25, 0.3) is 0 Å². The number of pyridine rings is 1. The molecule has 2 aromatic rings. The second-order valence-corrected chi connectivity index (χ2v) is 6.80. The number of carbonyl (C=O) groups is 1. The van der Waals surface area contributed by atoms with E-state index in [4.69, 9.17) is 0 Å². The number of carbonyl (C=O) groups excluding carboxylic acids is 1. The molecule has 2 nitrogen and oxygen atoms in total. The molecule has 0 saturated heterocycles. The summed E-state index contributed by atoms with van der Waals surface area (Å²) in [4.78, 5) is 17.7. The van der Waals surface area contributed by atoms with E-state index in [-0.39, 0.29) is 5.41 Å². The Bertz CT molecular complexity index is 648. The Labute approximate surface area is 126 Å². The van der Waals surface area contributed by atoms with Gasteiger partial charge in [0.1, 0.15) is 0 Å². The second kappa shape index (κ2) is 5.59. The molecule has 0 atom stereocenters. The van der Waals surface area contributed by atoms with Crippen molar-refractivity contribution in [3.05, 3.63) is 42.1 Å². The highest BCUT2D eigenvalue weighted by atomic mass is 16.1. The molecule has 0 unspecified atom stereocenters. The number of nitrogens with zero attached hydrogens (tertiary/aromatic N) is 1. The monoisotopic (exact) mass is 281 g/mol. The molecule has 1 heterocycles. The van der Waals surface area contributed by atoms with Crippen LogP contribution in [0.15, 0.2) is 36.5 Å². The lowest BCUT2D eigenvalue weighted by Crippen LogP contribution is -2.30. The SMILES string of the molecule is CC(C)CC1(C(=O)c2cccc3cccnc23)CCCC1. The van der Waals surface area contributed by atoms with E-state index < -0.39 is 0 Å². The summed E-state index contributed by atoms with van der Waals surface area (Å²) in [5, 5.41) is 1.06. The van der Waals surface area contributed by atoms with Crippen molar-refractivity contribution in [2.45, 2.75) is 46.0 Å². The zero-order valence-corrected chi connectivity index (χ0v) is 12.9. The first kappa shape index (κ1) is 14.2. The van der Waals surface area contributed by atoms with Crippen LogP contribution < -0.4 is 0 Å². The Hall–Kier alpha value is -1.70. The summed E-state index contributed by atoms with van der Waals surface area (Å²) in [6.07, 6.45) is 7.20. The van der Waals surface area contributed by atoms with E-state index in [1.807, 2.05) is 30.3 Å². The Kier molecular flexibility index (Phi) is 3.79. The fraction of sp³-hybridized carbons (Fsp3) is 0.474. The number of hydrogen-bond donors (Lipinski definition) is 0. The maximum Gasteiger partial charge on any atom is 0.171 e. The summed E-state index contributed by atoms with van der Waals surface area (Å²) < 4.78 is 0. The van der Waals surface area contributed by atoms with Crippen LogP contribution >= 0.6 is 0 Å². The fourth-order valence-corrected chi connectivity index (χ4v) is 3.93. The Balaban J connectivity index is 2.06. The van der Waals surface area contributed by atoms with Crippen LogP contribution in [0.5, 0.6) is 0 Å². The molecule has 0 spiro atoms. The van der Waals surface area contributed by atoms with Crippen molar-refractivity contribution in [1.29, 1.82) is 0 Å². The molecular formula is C19H23NO. The second-order valence-electron chi connectivity index (χ2n) is 6.80. The molecule has 110 valence electrons. The van der Waals surface area contributed by atoms with Gasteiger partial charge in [0.15, 0.2) is 5.78 Å². The van der Waals surface area contributed by atoms with Crippen molar-refractivity contribution in [3.63, 3.8) is 0 Å². The molecule has 1 aromatic heterocycles. The van der Waals surface area contributed by atoms with Crippen LogP contribution in [-0.2, 0) is 0 Å². The van der Waals surface area contributed by atoms with Gasteiger partial charge in [0.2, 0.25) is 0 Å². The molecule has 1 fully saturated rings. The molecular weight excluding hydrogens is 258 g/mol. The minimum Gasteiger partial charge on any atom is -0.293 e. The highest BCUT2D eigenvalue weighted by Crippen LogP contribution is 2.46. The van der Waals surface area contributed by atoms with E-state index in [2.05, 4.69) is 18.8 Å². The summed E-state index contributed by atoms with van der Waals surface area (Å²) in [6.45, 7) is 4.43. The number of aromatic nitrogens is 1. The van der Waals surface area contributed by atoms with Gasteiger partial charge in [-0.1, -0.05) is 44.9 Å². The fourth-order valence-electron chi connectivity index (χ4n) is 3.93. The van der Waals surface area contributed by atoms with Crippen molar-refractivity contribution < 1.29 is 4.79 Å². The van der Waals surface area contributed by atoms with E-state index in [1.54, 1.807) is 6.20 Å². The first-order valence-electron chi connectivity index (χ1n) is 8.01. The number of para-hydroxylation sites is 1. The largest absolute Gasteiger partial charge is 0.293 e. The van der Waals surface area contributed by atoms with Gasteiger partial charge in [0, 0.05) is 22.6 Å². The van der Waals surface area contributed by atoms with E-state index >= 15 is 0 Å². The third kappa shape index (κ3) is 2.59. The molecule has 1 aromatic carbocycles. The quantitative estimate of drug-likeness (QED) is 0.736. The summed E-state index contributed by atoms with van der Waals surface area (Å²) in [6, 6.07) is 9.93. The van der Waals surface area contributed by atoms with Gasteiger partial charge in [-0.2, -0.15) is 0 Å². The topological polar surface area (TPSA) is 30.0 Å². The number of Topliss-reactive ketones (excluding diaryl/α,β-unsaturated/α-hetero) is 1. The third-order valence-corrected chi connectivity index (χ3v) is 4.72. The number of ketones is 1. The lowest BCUT2D eigenvalue weighted by atomic mass is 9.73. The van der Waals surface area contributed by atoms with Gasteiger partial charge >= 0.3 is 0 Å². The number of fused-ring (bicyclic) bond motifs is 1. The van der Waals surface area contributed by atoms with Crippen LogP contribution in [0.1, 0.15) is 56.3 Å². The van der Waals surface area contributed by atoms with Crippen molar-refractivity contribution in [2.24, 2.45) is 11.3 Å². The van der Waals surface area contributed by atoms with E-state index in [0.29, 0.717) is 11.7 Å². The molecule has 0 bridgehead atoms. The zero-order chi connectivity index (χ0) is 14.9. The average Bonchev–Trinajstić information content (AvgIpc) is 2.95. The van der Waals surface area contributed by atoms with Crippen LogP contribution in [0.25, 0.3) is 10.9 Å². The normalized spacial score (nSPS) is 17.5. The van der Waals surface area contributed by atoms with Crippen molar-refractivity contribution in [2.75, 3.05) is 0 Å². The smallest absolute Gasteiger partial charge is 0.171 e. The molecule has 1 saturated carbocycles. The maximum atomic E-state index is 13.3. The van der Waals surface area contributed by atoms with Crippen LogP contribution in [0.3, 0.4) is 0 Å². The summed E-state index contributed by atoms with van der Waals surface area (Å²) in [7, 11) is 0. The molecule has 1 aliphatic rings. The molecule has 2 heteroatoms. The van der Waals surface area contributed by atoms with Crippen LogP contribution in [0.4, 0.5) is 0 Å². The van der Waals surface area contributed by atoms with Crippen molar-refractivity contribution >= 4 is 16.7 Å². The summed E-state index contributed by atoms with van der Waals surface area (Å²) in [5.41, 5.74) is 1.52. The summed E-state index contributed by atoms with van der Waals surface area (Å²) >= 11 is 0. The van der Waals surface area contributed by atoms with E-state index in [9.17, 15) is 4.79 Å². The van der Waals surface area contributed by atoms with E-state index in [0.717, 1.165) is 35.7 Å². The van der Waals surface area contributed by atoms with Crippen LogP contribution in [0, 0.1) is 11.3 Å². The molecule has 0 aliphatic heterocycles. The van der Waals surface area contributed by atoms with E-state index in [1.165, 1.54) is 12.8 Å². The predicted octanol–water partition coefficient (Wildman–Crippen LogP) is 5.02. The van der Waals surface area contributed by atoms with Gasteiger partial charge in [-0.3, -0.25) is 9.78 Å². The third-order valence-electron chi connectivity index (χ3n) is 4.72. The molecule has 21 heavy (non-hydrogen) atoms. The Morgan fingerprint density at radius 2 is 1.90 bits per heavy atom.